The third-order valence-corrected chi connectivity index (χ3v) is 5.95. The van der Waals surface area contributed by atoms with Crippen molar-refractivity contribution in [1.29, 1.82) is 5.26 Å². The van der Waals surface area contributed by atoms with Gasteiger partial charge in [-0.05, 0) is 61.9 Å². The zero-order valence-electron chi connectivity index (χ0n) is 21.3. The van der Waals surface area contributed by atoms with Gasteiger partial charge in [0.1, 0.15) is 24.0 Å². The molecule has 1 aliphatic heterocycles. The highest BCUT2D eigenvalue weighted by Crippen LogP contribution is 2.31. The van der Waals surface area contributed by atoms with Crippen molar-refractivity contribution in [3.05, 3.63) is 83.1 Å². The third-order valence-electron chi connectivity index (χ3n) is 5.95. The van der Waals surface area contributed by atoms with Crippen LogP contribution in [-0.2, 0) is 19.1 Å². The highest BCUT2D eigenvalue weighted by atomic mass is 16.5. The van der Waals surface area contributed by atoms with Crippen LogP contribution in [0.5, 0.6) is 5.75 Å². The van der Waals surface area contributed by atoms with Gasteiger partial charge in [-0.3, -0.25) is 19.3 Å². The first-order valence-electron chi connectivity index (χ1n) is 12.0. The molecule has 9 nitrogen and oxygen atoms in total. The van der Waals surface area contributed by atoms with Gasteiger partial charge in [0.2, 0.25) is 0 Å². The number of nitrogens with zero attached hydrogens (tertiary/aromatic N) is 4. The van der Waals surface area contributed by atoms with Gasteiger partial charge in [0.25, 0.3) is 11.8 Å². The molecule has 0 aliphatic carbocycles. The van der Waals surface area contributed by atoms with Gasteiger partial charge in [-0.25, -0.2) is 4.68 Å². The molecule has 0 N–H and O–H groups in total. The Morgan fingerprint density at radius 3 is 2.42 bits per heavy atom. The van der Waals surface area contributed by atoms with Crippen LogP contribution in [0.2, 0.25) is 0 Å². The molecule has 0 unspecified atom stereocenters. The second-order valence-electron chi connectivity index (χ2n) is 8.44. The van der Waals surface area contributed by atoms with Gasteiger partial charge in [-0.15, -0.1) is 0 Å². The van der Waals surface area contributed by atoms with E-state index in [1.807, 2.05) is 67.6 Å². The maximum atomic E-state index is 13.4. The molecule has 0 saturated heterocycles. The minimum Gasteiger partial charge on any atom is -0.494 e. The first-order chi connectivity index (χ1) is 18.3. The Bertz CT molecular complexity index is 1480. The smallest absolute Gasteiger partial charge is 0.302 e. The van der Waals surface area contributed by atoms with E-state index in [0.717, 1.165) is 21.9 Å². The number of amides is 2. The molecule has 0 spiro atoms. The summed E-state index contributed by atoms with van der Waals surface area (Å²) in [6, 6.07) is 18.9. The zero-order valence-corrected chi connectivity index (χ0v) is 21.3. The number of benzene rings is 2. The zero-order chi connectivity index (χ0) is 27.2. The predicted molar refractivity (Wildman–Crippen MR) is 140 cm³/mol. The number of para-hydroxylation sites is 1. The highest BCUT2D eigenvalue weighted by molar-refractivity contribution is 6.19. The fourth-order valence-corrected chi connectivity index (χ4v) is 4.07. The van der Waals surface area contributed by atoms with Gasteiger partial charge in [-0.1, -0.05) is 18.2 Å². The van der Waals surface area contributed by atoms with Gasteiger partial charge in [-0.2, -0.15) is 10.4 Å². The number of aromatic nitrogens is 2. The molecule has 1 aliphatic rings. The quantitative estimate of drug-likeness (QED) is 0.255. The largest absolute Gasteiger partial charge is 0.494 e. The Labute approximate surface area is 220 Å². The fraction of sp³-hybridized carbons (Fsp3) is 0.207. The van der Waals surface area contributed by atoms with Crippen LogP contribution in [-0.4, -0.2) is 52.2 Å². The van der Waals surface area contributed by atoms with Crippen LogP contribution in [0.1, 0.15) is 26.3 Å². The lowest BCUT2D eigenvalue weighted by Gasteiger charge is -2.27. The normalized spacial score (nSPS) is 14.6. The molecule has 3 aromatic rings. The molecule has 4 rings (SSSR count). The van der Waals surface area contributed by atoms with Crippen molar-refractivity contribution >= 4 is 23.9 Å². The van der Waals surface area contributed by atoms with E-state index in [1.54, 1.807) is 23.9 Å². The van der Waals surface area contributed by atoms with Crippen molar-refractivity contribution in [1.82, 2.24) is 14.7 Å². The number of esters is 1. The molecule has 9 heteroatoms. The topological polar surface area (TPSA) is 115 Å². The summed E-state index contributed by atoms with van der Waals surface area (Å²) in [5.41, 5.74) is 3.15. The number of nitriles is 1. The Balaban J connectivity index is 1.82. The predicted octanol–water partition coefficient (Wildman–Crippen LogP) is 4.09. The number of rotatable bonds is 8. The van der Waals surface area contributed by atoms with Crippen LogP contribution in [0, 0.1) is 11.3 Å². The standard InChI is InChI=1S/C29H26N4O5/c1-4-37-24-12-10-21(11-13-24)27-22(18-33(31-27)23-8-6-5-7-9-23)16-25-19(2)26(17-30)29(36)32(28(25)35)14-15-38-20(3)34/h5-13,16,18H,4,14-15H2,1-3H3. The molecular weight excluding hydrogens is 484 g/mol. The van der Waals surface area contributed by atoms with E-state index in [4.69, 9.17) is 14.6 Å². The molecule has 2 amide bonds. The molecule has 2 heterocycles. The van der Waals surface area contributed by atoms with E-state index in [-0.39, 0.29) is 29.9 Å². The summed E-state index contributed by atoms with van der Waals surface area (Å²) < 4.78 is 12.2. The summed E-state index contributed by atoms with van der Waals surface area (Å²) in [5, 5.41) is 14.5. The molecule has 0 fully saturated rings. The second-order valence-corrected chi connectivity index (χ2v) is 8.44. The number of ether oxygens (including phenoxy) is 2. The Kier molecular flexibility index (Phi) is 7.83. The maximum Gasteiger partial charge on any atom is 0.302 e. The monoisotopic (exact) mass is 510 g/mol. The summed E-state index contributed by atoms with van der Waals surface area (Å²) in [6.45, 7) is 4.93. The minimum atomic E-state index is -0.717. The van der Waals surface area contributed by atoms with Gasteiger partial charge in [0, 0.05) is 29.8 Å². The van der Waals surface area contributed by atoms with Gasteiger partial charge in [0.05, 0.1) is 24.5 Å². The molecule has 0 bridgehead atoms. The molecule has 0 saturated carbocycles. The Morgan fingerprint density at radius 1 is 1.08 bits per heavy atom. The van der Waals surface area contributed by atoms with Crippen molar-refractivity contribution in [3.63, 3.8) is 0 Å². The maximum absolute atomic E-state index is 13.4. The first kappa shape index (κ1) is 26.1. The number of carbonyl (C=O) groups is 3. The van der Waals surface area contributed by atoms with Crippen LogP contribution in [0.25, 0.3) is 23.0 Å². The van der Waals surface area contributed by atoms with E-state index >= 15 is 0 Å². The summed E-state index contributed by atoms with van der Waals surface area (Å²) in [7, 11) is 0. The molecule has 0 radical (unpaired) electrons. The summed E-state index contributed by atoms with van der Waals surface area (Å²) in [5.74, 6) is -1.10. The van der Waals surface area contributed by atoms with Crippen LogP contribution < -0.4 is 4.74 Å². The average Bonchev–Trinajstić information content (AvgIpc) is 3.34. The van der Waals surface area contributed by atoms with Crippen LogP contribution in [0.15, 0.2) is 77.5 Å². The molecule has 2 aromatic carbocycles. The number of imide groups is 1. The Morgan fingerprint density at radius 2 is 1.79 bits per heavy atom. The van der Waals surface area contributed by atoms with Crippen molar-refractivity contribution in [2.45, 2.75) is 20.8 Å². The summed E-state index contributed by atoms with van der Waals surface area (Å²) >= 11 is 0. The summed E-state index contributed by atoms with van der Waals surface area (Å²) in [4.78, 5) is 38.4. The van der Waals surface area contributed by atoms with E-state index in [2.05, 4.69) is 0 Å². The number of hydrogen-bond donors (Lipinski definition) is 0. The number of hydrogen-bond acceptors (Lipinski definition) is 7. The van der Waals surface area contributed by atoms with Crippen LogP contribution in [0.4, 0.5) is 0 Å². The molecule has 0 atom stereocenters. The van der Waals surface area contributed by atoms with Gasteiger partial charge < -0.3 is 9.47 Å². The van der Waals surface area contributed by atoms with E-state index in [0.29, 0.717) is 17.9 Å². The van der Waals surface area contributed by atoms with Crippen molar-refractivity contribution in [3.8, 4) is 28.8 Å². The average molecular weight is 511 g/mol. The lowest BCUT2D eigenvalue weighted by molar-refractivity contribution is -0.147. The lowest BCUT2D eigenvalue weighted by Crippen LogP contribution is -2.44. The number of carbonyl (C=O) groups excluding carboxylic acids is 3. The van der Waals surface area contributed by atoms with Crippen molar-refractivity contribution in [2.75, 3.05) is 19.8 Å². The summed E-state index contributed by atoms with van der Waals surface area (Å²) in [6.07, 6.45) is 3.43. The van der Waals surface area contributed by atoms with E-state index in [1.165, 1.54) is 6.92 Å². The highest BCUT2D eigenvalue weighted by Gasteiger charge is 2.35. The van der Waals surface area contributed by atoms with Gasteiger partial charge >= 0.3 is 5.97 Å². The molecule has 1 aromatic heterocycles. The third kappa shape index (κ3) is 5.39. The van der Waals surface area contributed by atoms with Crippen molar-refractivity contribution < 1.29 is 23.9 Å². The van der Waals surface area contributed by atoms with Crippen LogP contribution in [0.3, 0.4) is 0 Å². The van der Waals surface area contributed by atoms with Crippen molar-refractivity contribution in [2.24, 2.45) is 0 Å². The van der Waals surface area contributed by atoms with E-state index < -0.39 is 17.8 Å². The second kappa shape index (κ2) is 11.4. The SMILES string of the molecule is CCOc1ccc(-c2nn(-c3ccccc3)cc2C=C2C(=O)N(CCOC(C)=O)C(=O)C(C#N)=C2C)cc1. The molecule has 38 heavy (non-hydrogen) atoms. The Hall–Kier alpha value is -4.97. The van der Waals surface area contributed by atoms with Crippen LogP contribution >= 0.6 is 0 Å². The van der Waals surface area contributed by atoms with Gasteiger partial charge in [0.15, 0.2) is 0 Å². The molecule has 192 valence electrons. The van der Waals surface area contributed by atoms with E-state index in [9.17, 15) is 19.6 Å². The minimum absolute atomic E-state index is 0.142. The molecular formula is C29H26N4O5. The first-order valence-corrected chi connectivity index (χ1v) is 12.0. The fourth-order valence-electron chi connectivity index (χ4n) is 4.07. The lowest BCUT2D eigenvalue weighted by atomic mass is 9.93.